The smallest absolute Gasteiger partial charge is 0.300 e. The van der Waals surface area contributed by atoms with Crippen molar-refractivity contribution in [2.45, 2.75) is 30.2 Å². The molecule has 0 atom stereocenters. The Morgan fingerprint density at radius 2 is 1.71 bits per heavy atom. The Kier molecular flexibility index (Phi) is 5.61. The van der Waals surface area contributed by atoms with Gasteiger partial charge in [-0.1, -0.05) is 0 Å². The second-order valence-corrected chi connectivity index (χ2v) is 8.30. The van der Waals surface area contributed by atoms with Gasteiger partial charge in [-0.05, 0) is 32.0 Å². The van der Waals surface area contributed by atoms with Crippen molar-refractivity contribution in [3.63, 3.8) is 0 Å². The molecule has 0 radical (unpaired) electrons. The third-order valence-electron chi connectivity index (χ3n) is 3.71. The Morgan fingerprint density at radius 1 is 1.11 bits per heavy atom. The van der Waals surface area contributed by atoms with Gasteiger partial charge in [0.15, 0.2) is 10.6 Å². The zero-order valence-corrected chi connectivity index (χ0v) is 16.2. The first-order valence-electron chi connectivity index (χ1n) is 7.51. The maximum Gasteiger partial charge on any atom is 0.300 e. The summed E-state index contributed by atoms with van der Waals surface area (Å²) in [6, 6.07) is 3.19. The molecule has 5 N–H and O–H groups in total. The molecule has 28 heavy (non-hydrogen) atoms. The number of benzene rings is 1. The van der Waals surface area contributed by atoms with E-state index in [0.29, 0.717) is 4.57 Å². The van der Waals surface area contributed by atoms with Gasteiger partial charge < -0.3 is 10.8 Å². The number of hydrogen-bond donors (Lipinski definition) is 4. The minimum Gasteiger partial charge on any atom is -0.493 e. The van der Waals surface area contributed by atoms with Crippen molar-refractivity contribution < 1.29 is 31.0 Å². The first kappa shape index (κ1) is 21.5. The molecule has 0 aliphatic rings. The summed E-state index contributed by atoms with van der Waals surface area (Å²) in [5, 5.41) is 17.7. The zero-order valence-electron chi connectivity index (χ0n) is 14.6. The van der Waals surface area contributed by atoms with Crippen molar-refractivity contribution in [2.24, 2.45) is 10.2 Å². The molecule has 12 nitrogen and oxygen atoms in total. The van der Waals surface area contributed by atoms with Crippen LogP contribution in [0.15, 0.2) is 43.0 Å². The lowest BCUT2D eigenvalue weighted by Gasteiger charge is -2.12. The van der Waals surface area contributed by atoms with Crippen molar-refractivity contribution in [1.29, 1.82) is 0 Å². The number of rotatable bonds is 5. The van der Waals surface area contributed by atoms with E-state index in [2.05, 4.69) is 10.2 Å². The molecular formula is C14H16N4O8S2. The van der Waals surface area contributed by atoms with Gasteiger partial charge in [0.25, 0.3) is 25.8 Å². The van der Waals surface area contributed by atoms with Crippen molar-refractivity contribution in [2.75, 3.05) is 5.73 Å². The van der Waals surface area contributed by atoms with E-state index in [0.717, 1.165) is 25.1 Å². The fourth-order valence-electron chi connectivity index (χ4n) is 2.44. The van der Waals surface area contributed by atoms with Crippen LogP contribution in [-0.4, -0.2) is 35.6 Å². The largest absolute Gasteiger partial charge is 0.493 e. The van der Waals surface area contributed by atoms with Gasteiger partial charge in [0.05, 0.1) is 11.4 Å². The van der Waals surface area contributed by atoms with Gasteiger partial charge in [-0.3, -0.25) is 18.5 Å². The molecule has 0 saturated carbocycles. The van der Waals surface area contributed by atoms with Gasteiger partial charge in [0, 0.05) is 12.1 Å². The van der Waals surface area contributed by atoms with Crippen LogP contribution in [0.3, 0.4) is 0 Å². The van der Waals surface area contributed by atoms with Crippen LogP contribution in [0.4, 0.5) is 17.1 Å². The van der Waals surface area contributed by atoms with Gasteiger partial charge >= 0.3 is 0 Å². The third-order valence-corrected chi connectivity index (χ3v) is 5.64. The van der Waals surface area contributed by atoms with E-state index in [1.807, 2.05) is 0 Å². The Balaban J connectivity index is 2.67. The summed E-state index contributed by atoms with van der Waals surface area (Å²) in [5.41, 5.74) is 3.37. The molecule has 1 heterocycles. The van der Waals surface area contributed by atoms with Crippen LogP contribution < -0.4 is 11.3 Å². The summed E-state index contributed by atoms with van der Waals surface area (Å²) in [7, 11) is -9.44. The van der Waals surface area contributed by atoms with Gasteiger partial charge in [-0.2, -0.15) is 21.9 Å². The Bertz CT molecular complexity index is 1250. The van der Waals surface area contributed by atoms with Gasteiger partial charge in [-0.15, -0.1) is 5.11 Å². The number of nitrogens with zero attached hydrogens (tertiary/aromatic N) is 3. The number of nitrogens with two attached hydrogens (primary N) is 1. The number of hydrogen-bond acceptors (Lipinski definition) is 9. The van der Waals surface area contributed by atoms with Crippen molar-refractivity contribution in [3.8, 4) is 5.88 Å². The van der Waals surface area contributed by atoms with E-state index in [1.54, 1.807) is 0 Å². The summed E-state index contributed by atoms with van der Waals surface area (Å²) in [5.74, 6) is -0.677. The molecule has 0 amide bonds. The maximum absolute atomic E-state index is 12.2. The quantitative estimate of drug-likeness (QED) is 0.306. The minimum absolute atomic E-state index is 0.00588. The van der Waals surface area contributed by atoms with E-state index in [4.69, 9.17) is 10.3 Å². The predicted molar refractivity (Wildman–Crippen MR) is 97.4 cm³/mol. The lowest BCUT2D eigenvalue weighted by atomic mass is 10.2. The van der Waals surface area contributed by atoms with E-state index in [-0.39, 0.29) is 23.5 Å². The van der Waals surface area contributed by atoms with E-state index >= 15 is 0 Å². The zero-order chi connectivity index (χ0) is 21.4. The molecule has 2 rings (SSSR count). The number of azo groups is 1. The molecular weight excluding hydrogens is 416 g/mol. The molecule has 0 saturated heterocycles. The summed E-state index contributed by atoms with van der Waals surface area (Å²) < 4.78 is 64.4. The summed E-state index contributed by atoms with van der Waals surface area (Å²) >= 11 is 0. The van der Waals surface area contributed by atoms with Crippen molar-refractivity contribution in [1.82, 2.24) is 4.57 Å². The van der Waals surface area contributed by atoms with E-state index in [9.17, 15) is 31.3 Å². The molecule has 0 unspecified atom stereocenters. The van der Waals surface area contributed by atoms with Crippen molar-refractivity contribution >= 4 is 37.3 Å². The summed E-state index contributed by atoms with van der Waals surface area (Å²) in [6.07, 6.45) is 0. The van der Waals surface area contributed by atoms with E-state index < -0.39 is 47.2 Å². The number of anilines is 1. The molecule has 0 bridgehead atoms. The molecule has 0 spiro atoms. The highest BCUT2D eigenvalue weighted by Gasteiger charge is 2.26. The first-order valence-corrected chi connectivity index (χ1v) is 10.4. The molecule has 0 fully saturated rings. The van der Waals surface area contributed by atoms with Crippen molar-refractivity contribution in [3.05, 3.63) is 34.1 Å². The molecule has 0 aliphatic heterocycles. The van der Waals surface area contributed by atoms with Gasteiger partial charge in [0.1, 0.15) is 4.90 Å². The second kappa shape index (κ2) is 7.31. The number of aromatic nitrogens is 1. The number of pyridine rings is 1. The van der Waals surface area contributed by atoms with Crippen LogP contribution in [0.2, 0.25) is 0 Å². The summed E-state index contributed by atoms with van der Waals surface area (Å²) in [4.78, 5) is 10.7. The molecule has 14 heteroatoms. The number of aromatic hydroxyl groups is 1. The van der Waals surface area contributed by atoms with Crippen LogP contribution in [0.1, 0.15) is 12.5 Å². The lowest BCUT2D eigenvalue weighted by molar-refractivity contribution is 0.407. The highest BCUT2D eigenvalue weighted by atomic mass is 32.2. The van der Waals surface area contributed by atoms with Gasteiger partial charge in [-0.25, -0.2) is 0 Å². The Labute approximate surface area is 159 Å². The van der Waals surface area contributed by atoms with Crippen LogP contribution >= 0.6 is 0 Å². The topological polar surface area (TPSA) is 202 Å². The molecule has 1 aromatic carbocycles. The highest BCUT2D eigenvalue weighted by Crippen LogP contribution is 2.34. The summed E-state index contributed by atoms with van der Waals surface area (Å²) in [6.45, 7) is 2.49. The molecule has 152 valence electrons. The monoisotopic (exact) mass is 432 g/mol. The van der Waals surface area contributed by atoms with Crippen LogP contribution in [-0.2, 0) is 26.8 Å². The Hall–Kier alpha value is -2.81. The SMILES string of the molecule is CCn1c(O)c(N=Nc2ccc(S(=O)(=O)O)c(N)c2)c(C)c(S(=O)(=O)O)c1=O. The Morgan fingerprint density at radius 3 is 2.18 bits per heavy atom. The minimum atomic E-state index is -4.91. The molecule has 0 aliphatic carbocycles. The standard InChI is InChI=1S/C14H16N4O8S2/c1-3-18-13(19)11(7(2)12(14(18)20)28(24,25)26)17-16-8-4-5-10(9(15)6-8)27(21,22)23/h4-6,19H,3,15H2,1-2H3,(H,21,22,23)(H,24,25,26). The van der Waals surface area contributed by atoms with E-state index in [1.165, 1.54) is 6.92 Å². The third kappa shape index (κ3) is 4.04. The fourth-order valence-corrected chi connectivity index (χ4v) is 3.85. The lowest BCUT2D eigenvalue weighted by Crippen LogP contribution is -2.26. The normalized spacial score (nSPS) is 12.6. The maximum atomic E-state index is 12.2. The molecule has 2 aromatic rings. The molecule has 1 aromatic heterocycles. The van der Waals surface area contributed by atoms with Crippen LogP contribution in [0.5, 0.6) is 5.88 Å². The van der Waals surface area contributed by atoms with Crippen LogP contribution in [0, 0.1) is 6.92 Å². The average molecular weight is 432 g/mol. The second-order valence-electron chi connectivity index (χ2n) is 5.55. The van der Waals surface area contributed by atoms with Gasteiger partial charge in [0.2, 0.25) is 5.88 Å². The number of nitrogen functional groups attached to an aromatic ring is 1. The first-order chi connectivity index (χ1) is 12.8. The highest BCUT2D eigenvalue weighted by molar-refractivity contribution is 7.86. The average Bonchev–Trinajstić information content (AvgIpc) is 2.52. The van der Waals surface area contributed by atoms with Crippen LogP contribution in [0.25, 0.3) is 0 Å². The fraction of sp³-hybridized carbons (Fsp3) is 0.214. The predicted octanol–water partition coefficient (Wildman–Crippen LogP) is 1.37.